The SMILES string of the molecule is Cc1c(Cl)ccc(C(=O)c2ccc(Cl)c(C)c2CN)c1CN. The summed E-state index contributed by atoms with van der Waals surface area (Å²) in [6, 6.07) is 6.86. The van der Waals surface area contributed by atoms with Crippen molar-refractivity contribution in [2.24, 2.45) is 11.5 Å². The maximum absolute atomic E-state index is 12.9. The van der Waals surface area contributed by atoms with E-state index in [0.717, 1.165) is 22.3 Å². The molecule has 3 nitrogen and oxygen atoms in total. The Hall–Kier alpha value is -1.39. The lowest BCUT2D eigenvalue weighted by Crippen LogP contribution is -2.14. The smallest absolute Gasteiger partial charge is 0.193 e. The van der Waals surface area contributed by atoms with Crippen molar-refractivity contribution in [3.05, 3.63) is 67.7 Å². The number of rotatable bonds is 4. The molecule has 0 bridgehead atoms. The van der Waals surface area contributed by atoms with Crippen LogP contribution in [0.5, 0.6) is 0 Å². The van der Waals surface area contributed by atoms with Crippen LogP contribution in [-0.2, 0) is 13.1 Å². The van der Waals surface area contributed by atoms with Crippen molar-refractivity contribution in [2.75, 3.05) is 0 Å². The second kappa shape index (κ2) is 6.80. The number of carbonyl (C=O) groups is 1. The van der Waals surface area contributed by atoms with E-state index in [1.165, 1.54) is 0 Å². The molecule has 0 heterocycles. The van der Waals surface area contributed by atoms with Crippen molar-refractivity contribution >= 4 is 29.0 Å². The van der Waals surface area contributed by atoms with Crippen LogP contribution in [0.3, 0.4) is 0 Å². The average molecular weight is 337 g/mol. The third kappa shape index (κ3) is 2.90. The van der Waals surface area contributed by atoms with E-state index in [-0.39, 0.29) is 18.9 Å². The molecular weight excluding hydrogens is 319 g/mol. The molecule has 0 aliphatic carbocycles. The molecule has 0 atom stereocenters. The molecule has 2 rings (SSSR count). The minimum Gasteiger partial charge on any atom is -0.326 e. The molecule has 5 heteroatoms. The van der Waals surface area contributed by atoms with Crippen molar-refractivity contribution in [1.82, 2.24) is 0 Å². The normalized spacial score (nSPS) is 10.8. The molecule has 0 saturated carbocycles. The topological polar surface area (TPSA) is 69.1 Å². The Morgan fingerprint density at radius 2 is 1.23 bits per heavy atom. The standard InChI is InChI=1S/C17H18Cl2N2O/c1-9-13(7-20)11(3-5-15(9)18)17(22)12-4-6-16(19)10(2)14(12)8-21/h3-6H,7-8,20-21H2,1-2H3. The number of carbonyl (C=O) groups excluding carboxylic acids is 1. The second-order valence-electron chi connectivity index (χ2n) is 5.13. The molecule has 0 amide bonds. The molecular formula is C17H18Cl2N2O. The Kier molecular flexibility index (Phi) is 5.24. The number of hydrogen-bond acceptors (Lipinski definition) is 3. The van der Waals surface area contributed by atoms with E-state index < -0.39 is 0 Å². The van der Waals surface area contributed by atoms with Gasteiger partial charge in [0.2, 0.25) is 0 Å². The molecule has 0 saturated heterocycles. The minimum absolute atomic E-state index is 0.111. The predicted molar refractivity (Wildman–Crippen MR) is 91.6 cm³/mol. The van der Waals surface area contributed by atoms with E-state index in [1.54, 1.807) is 24.3 Å². The van der Waals surface area contributed by atoms with Gasteiger partial charge >= 0.3 is 0 Å². The van der Waals surface area contributed by atoms with Gasteiger partial charge in [-0.1, -0.05) is 23.2 Å². The van der Waals surface area contributed by atoms with Crippen molar-refractivity contribution in [2.45, 2.75) is 26.9 Å². The molecule has 0 aliphatic rings. The molecule has 0 spiro atoms. The summed E-state index contributed by atoms with van der Waals surface area (Å²) >= 11 is 12.2. The summed E-state index contributed by atoms with van der Waals surface area (Å²) in [4.78, 5) is 12.9. The number of hydrogen-bond donors (Lipinski definition) is 2. The van der Waals surface area contributed by atoms with Crippen LogP contribution in [0.2, 0.25) is 10.0 Å². The van der Waals surface area contributed by atoms with Crippen LogP contribution in [0.15, 0.2) is 24.3 Å². The van der Waals surface area contributed by atoms with Gasteiger partial charge in [-0.15, -0.1) is 0 Å². The van der Waals surface area contributed by atoms with Crippen LogP contribution in [-0.4, -0.2) is 5.78 Å². The van der Waals surface area contributed by atoms with E-state index in [1.807, 2.05) is 13.8 Å². The van der Waals surface area contributed by atoms with E-state index in [9.17, 15) is 4.79 Å². The van der Waals surface area contributed by atoms with Crippen molar-refractivity contribution < 1.29 is 4.79 Å². The van der Waals surface area contributed by atoms with Crippen LogP contribution in [0.25, 0.3) is 0 Å². The van der Waals surface area contributed by atoms with Crippen LogP contribution in [0.1, 0.15) is 38.2 Å². The Bertz CT molecular complexity index is 680. The van der Waals surface area contributed by atoms with Gasteiger partial charge in [0.15, 0.2) is 5.78 Å². The number of ketones is 1. The van der Waals surface area contributed by atoms with Gasteiger partial charge in [0.1, 0.15) is 0 Å². The third-order valence-electron chi connectivity index (χ3n) is 3.96. The first kappa shape index (κ1) is 17.0. The highest BCUT2D eigenvalue weighted by Crippen LogP contribution is 2.28. The summed E-state index contributed by atoms with van der Waals surface area (Å²) < 4.78 is 0. The summed E-state index contributed by atoms with van der Waals surface area (Å²) in [5.74, 6) is -0.111. The van der Waals surface area contributed by atoms with Gasteiger partial charge in [-0.05, 0) is 60.4 Å². The first-order chi connectivity index (χ1) is 10.4. The Morgan fingerprint density at radius 3 is 1.55 bits per heavy atom. The van der Waals surface area contributed by atoms with E-state index in [2.05, 4.69) is 0 Å². The Balaban J connectivity index is 2.64. The van der Waals surface area contributed by atoms with Crippen molar-refractivity contribution in [3.63, 3.8) is 0 Å². The third-order valence-corrected chi connectivity index (χ3v) is 4.78. The van der Waals surface area contributed by atoms with E-state index in [0.29, 0.717) is 21.2 Å². The minimum atomic E-state index is -0.111. The summed E-state index contributed by atoms with van der Waals surface area (Å²) in [5.41, 5.74) is 15.9. The Labute approximate surface area is 140 Å². The van der Waals surface area contributed by atoms with Gasteiger partial charge in [0, 0.05) is 34.3 Å². The number of nitrogens with two attached hydrogens (primary N) is 2. The zero-order valence-corrected chi connectivity index (χ0v) is 14.1. The molecule has 0 aliphatic heterocycles. The van der Waals surface area contributed by atoms with Gasteiger partial charge in [-0.3, -0.25) is 4.79 Å². The summed E-state index contributed by atoms with van der Waals surface area (Å²) in [6.45, 7) is 4.21. The highest BCUT2D eigenvalue weighted by Gasteiger charge is 2.20. The monoisotopic (exact) mass is 336 g/mol. The fourth-order valence-electron chi connectivity index (χ4n) is 2.55. The molecule has 22 heavy (non-hydrogen) atoms. The van der Waals surface area contributed by atoms with Gasteiger partial charge < -0.3 is 11.5 Å². The fourth-order valence-corrected chi connectivity index (χ4v) is 2.91. The molecule has 0 aromatic heterocycles. The summed E-state index contributed by atoms with van der Waals surface area (Å²) in [5, 5.41) is 1.20. The Morgan fingerprint density at radius 1 is 0.864 bits per heavy atom. The van der Waals surface area contributed by atoms with Crippen LogP contribution in [0.4, 0.5) is 0 Å². The van der Waals surface area contributed by atoms with Crippen molar-refractivity contribution in [1.29, 1.82) is 0 Å². The second-order valence-corrected chi connectivity index (χ2v) is 5.95. The van der Waals surface area contributed by atoms with E-state index >= 15 is 0 Å². The maximum Gasteiger partial charge on any atom is 0.193 e. The molecule has 116 valence electrons. The summed E-state index contributed by atoms with van der Waals surface area (Å²) in [6.07, 6.45) is 0. The van der Waals surface area contributed by atoms with Gasteiger partial charge in [0.05, 0.1) is 0 Å². The van der Waals surface area contributed by atoms with Crippen LogP contribution in [0, 0.1) is 13.8 Å². The van der Waals surface area contributed by atoms with E-state index in [4.69, 9.17) is 34.7 Å². The lowest BCUT2D eigenvalue weighted by molar-refractivity contribution is 0.103. The molecule has 4 N–H and O–H groups in total. The molecule has 0 unspecified atom stereocenters. The fraction of sp³-hybridized carbons (Fsp3) is 0.235. The molecule has 0 radical (unpaired) electrons. The van der Waals surface area contributed by atoms with Crippen molar-refractivity contribution in [3.8, 4) is 0 Å². The highest BCUT2D eigenvalue weighted by molar-refractivity contribution is 6.32. The van der Waals surface area contributed by atoms with Gasteiger partial charge in [-0.2, -0.15) is 0 Å². The largest absolute Gasteiger partial charge is 0.326 e. The quantitative estimate of drug-likeness (QED) is 0.835. The molecule has 2 aromatic carbocycles. The molecule has 2 aromatic rings. The zero-order chi connectivity index (χ0) is 16.4. The number of benzene rings is 2. The number of halogens is 2. The van der Waals surface area contributed by atoms with Crippen LogP contribution >= 0.6 is 23.2 Å². The lowest BCUT2D eigenvalue weighted by Gasteiger charge is -2.15. The first-order valence-electron chi connectivity index (χ1n) is 6.93. The van der Waals surface area contributed by atoms with Crippen LogP contribution < -0.4 is 11.5 Å². The first-order valence-corrected chi connectivity index (χ1v) is 7.68. The predicted octanol–water partition coefficient (Wildman–Crippen LogP) is 3.76. The molecule has 0 fully saturated rings. The maximum atomic E-state index is 12.9. The lowest BCUT2D eigenvalue weighted by atomic mass is 9.91. The summed E-state index contributed by atoms with van der Waals surface area (Å²) in [7, 11) is 0. The highest BCUT2D eigenvalue weighted by atomic mass is 35.5. The van der Waals surface area contributed by atoms with Gasteiger partial charge in [0.25, 0.3) is 0 Å². The average Bonchev–Trinajstić information content (AvgIpc) is 2.51. The van der Waals surface area contributed by atoms with Gasteiger partial charge in [-0.25, -0.2) is 0 Å². The zero-order valence-electron chi connectivity index (χ0n) is 12.5.